The minimum Gasteiger partial charge on any atom is -0.0712 e. The highest BCUT2D eigenvalue weighted by molar-refractivity contribution is 9.24. The van der Waals surface area contributed by atoms with Crippen molar-refractivity contribution in [1.29, 1.82) is 0 Å². The first-order valence-corrected chi connectivity index (χ1v) is 9.12. The standard InChI is InChI=1S/C14H11Br4/c1-2-8-6-7-10(13(15)16)9-4-3-5-11(12(8)9)14(17)18/h3-7,13-14H,1-2H2. The molecule has 0 atom stereocenters. The van der Waals surface area contributed by atoms with Crippen molar-refractivity contribution in [2.24, 2.45) is 0 Å². The summed E-state index contributed by atoms with van der Waals surface area (Å²) >= 11 is 14.4. The topological polar surface area (TPSA) is 0 Å². The molecule has 2 aromatic rings. The third-order valence-corrected chi connectivity index (χ3v) is 4.91. The Kier molecular flexibility index (Phi) is 5.32. The first kappa shape index (κ1) is 15.0. The van der Waals surface area contributed by atoms with Crippen LogP contribution in [0.3, 0.4) is 0 Å². The molecule has 0 bridgehead atoms. The van der Waals surface area contributed by atoms with E-state index in [0.29, 0.717) is 0 Å². The van der Waals surface area contributed by atoms with Crippen LogP contribution < -0.4 is 0 Å². The van der Waals surface area contributed by atoms with E-state index >= 15 is 0 Å². The smallest absolute Gasteiger partial charge is 0.0712 e. The van der Waals surface area contributed by atoms with Crippen LogP contribution in [0.2, 0.25) is 0 Å². The number of fused-ring (bicyclic) bond motifs is 1. The summed E-state index contributed by atoms with van der Waals surface area (Å²) in [7, 11) is 0. The zero-order valence-corrected chi connectivity index (χ0v) is 15.8. The second-order valence-electron chi connectivity index (χ2n) is 3.94. The van der Waals surface area contributed by atoms with E-state index in [2.05, 4.69) is 101 Å². The van der Waals surface area contributed by atoms with Gasteiger partial charge in [-0.2, -0.15) is 0 Å². The summed E-state index contributed by atoms with van der Waals surface area (Å²) in [5.74, 6) is 0. The Balaban J connectivity index is 2.86. The van der Waals surface area contributed by atoms with Crippen LogP contribution in [0.15, 0.2) is 30.3 Å². The molecule has 0 fully saturated rings. The largest absolute Gasteiger partial charge is 0.0952 e. The van der Waals surface area contributed by atoms with E-state index in [0.717, 1.165) is 6.42 Å². The van der Waals surface area contributed by atoms with Crippen LogP contribution in [0.4, 0.5) is 0 Å². The van der Waals surface area contributed by atoms with Gasteiger partial charge >= 0.3 is 0 Å². The Morgan fingerprint density at radius 2 is 1.56 bits per heavy atom. The lowest BCUT2D eigenvalue weighted by atomic mass is 9.95. The Morgan fingerprint density at radius 1 is 0.889 bits per heavy atom. The molecule has 0 unspecified atom stereocenters. The molecule has 0 aliphatic carbocycles. The SMILES string of the molecule is [CH2]Cc1ccc(C(Br)Br)c2cccc(C(Br)Br)c12. The molecule has 4 heteroatoms. The van der Waals surface area contributed by atoms with Gasteiger partial charge in [-0.1, -0.05) is 94.1 Å². The van der Waals surface area contributed by atoms with Gasteiger partial charge in [0.1, 0.15) is 0 Å². The van der Waals surface area contributed by atoms with Crippen LogP contribution in [0, 0.1) is 6.92 Å². The molecule has 2 aromatic carbocycles. The van der Waals surface area contributed by atoms with E-state index in [-0.39, 0.29) is 7.47 Å². The highest BCUT2D eigenvalue weighted by atomic mass is 79.9. The number of hydrogen-bond acceptors (Lipinski definition) is 0. The molecule has 1 radical (unpaired) electrons. The molecule has 0 saturated carbocycles. The van der Waals surface area contributed by atoms with E-state index in [1.54, 1.807) is 0 Å². The molecule has 0 aromatic heterocycles. The second kappa shape index (κ2) is 6.38. The van der Waals surface area contributed by atoms with Gasteiger partial charge in [0.15, 0.2) is 0 Å². The Labute approximate surface area is 141 Å². The van der Waals surface area contributed by atoms with Crippen LogP contribution in [0.1, 0.15) is 24.2 Å². The van der Waals surface area contributed by atoms with Gasteiger partial charge in [0.25, 0.3) is 0 Å². The zero-order valence-electron chi connectivity index (χ0n) is 9.47. The van der Waals surface area contributed by atoms with Crippen LogP contribution in [0.5, 0.6) is 0 Å². The van der Waals surface area contributed by atoms with Gasteiger partial charge in [0, 0.05) is 0 Å². The normalized spacial score (nSPS) is 11.7. The molecule has 0 N–H and O–H groups in total. The van der Waals surface area contributed by atoms with E-state index in [1.807, 2.05) is 0 Å². The van der Waals surface area contributed by atoms with Crippen molar-refractivity contribution in [3.63, 3.8) is 0 Å². The fourth-order valence-corrected chi connectivity index (χ4v) is 3.67. The first-order valence-electron chi connectivity index (χ1n) is 5.46. The van der Waals surface area contributed by atoms with Crippen molar-refractivity contribution < 1.29 is 0 Å². The molecule has 0 aliphatic rings. The van der Waals surface area contributed by atoms with Gasteiger partial charge in [-0.3, -0.25) is 0 Å². The van der Waals surface area contributed by atoms with Crippen molar-refractivity contribution in [2.45, 2.75) is 13.9 Å². The molecular formula is C14H11Br4. The minimum atomic E-state index is 0.151. The molecule has 95 valence electrons. The van der Waals surface area contributed by atoms with Gasteiger partial charge in [0.05, 0.1) is 7.47 Å². The second-order valence-corrected chi connectivity index (χ2v) is 10.1. The highest BCUT2D eigenvalue weighted by Crippen LogP contribution is 2.41. The maximum Gasteiger partial charge on any atom is 0.0952 e. The first-order chi connectivity index (χ1) is 8.56. The predicted octanol–water partition coefficient (Wildman–Crippen LogP) is 6.79. The third kappa shape index (κ3) is 2.87. The van der Waals surface area contributed by atoms with Crippen molar-refractivity contribution >= 4 is 74.5 Å². The predicted molar refractivity (Wildman–Crippen MR) is 94.2 cm³/mol. The molecule has 2 rings (SSSR count). The lowest BCUT2D eigenvalue weighted by Gasteiger charge is -2.15. The summed E-state index contributed by atoms with van der Waals surface area (Å²) in [6.45, 7) is 4.03. The van der Waals surface area contributed by atoms with Gasteiger partial charge in [0.2, 0.25) is 0 Å². The average Bonchev–Trinajstić information content (AvgIpc) is 2.36. The number of benzene rings is 2. The van der Waals surface area contributed by atoms with Crippen LogP contribution in [-0.4, -0.2) is 0 Å². The van der Waals surface area contributed by atoms with Crippen LogP contribution in [0.25, 0.3) is 10.8 Å². The summed E-state index contributed by atoms with van der Waals surface area (Å²) in [5.41, 5.74) is 3.76. The monoisotopic (exact) mass is 495 g/mol. The number of rotatable bonds is 3. The van der Waals surface area contributed by atoms with Crippen LogP contribution in [-0.2, 0) is 6.42 Å². The van der Waals surface area contributed by atoms with E-state index in [4.69, 9.17) is 0 Å². The lowest BCUT2D eigenvalue weighted by Crippen LogP contribution is -1.94. The highest BCUT2D eigenvalue weighted by Gasteiger charge is 2.15. The van der Waals surface area contributed by atoms with E-state index in [9.17, 15) is 0 Å². The Bertz CT molecular complexity index is 561. The molecular weight excluding hydrogens is 488 g/mol. The van der Waals surface area contributed by atoms with E-state index < -0.39 is 0 Å². The van der Waals surface area contributed by atoms with Crippen molar-refractivity contribution in [3.8, 4) is 0 Å². The number of alkyl halides is 4. The Hall–Kier alpha value is 0.620. The average molecular weight is 499 g/mol. The van der Waals surface area contributed by atoms with Gasteiger partial charge < -0.3 is 0 Å². The molecule has 0 spiro atoms. The fraction of sp³-hybridized carbons (Fsp3) is 0.214. The molecule has 0 amide bonds. The Morgan fingerprint density at radius 3 is 2.11 bits per heavy atom. The summed E-state index contributed by atoms with van der Waals surface area (Å²) in [5, 5.41) is 2.55. The minimum absolute atomic E-state index is 0.151. The molecule has 18 heavy (non-hydrogen) atoms. The summed E-state index contributed by atoms with van der Waals surface area (Å²) in [6.07, 6.45) is 0.787. The summed E-state index contributed by atoms with van der Waals surface area (Å²) < 4.78 is 0.309. The lowest BCUT2D eigenvalue weighted by molar-refractivity contribution is 1.28. The van der Waals surface area contributed by atoms with Crippen molar-refractivity contribution in [2.75, 3.05) is 0 Å². The maximum absolute atomic E-state index is 4.03. The van der Waals surface area contributed by atoms with Crippen LogP contribution >= 0.6 is 63.7 Å². The summed E-state index contributed by atoms with van der Waals surface area (Å²) in [6, 6.07) is 10.7. The third-order valence-electron chi connectivity index (χ3n) is 2.93. The maximum atomic E-state index is 4.03. The zero-order chi connectivity index (χ0) is 13.3. The van der Waals surface area contributed by atoms with Crippen molar-refractivity contribution in [1.82, 2.24) is 0 Å². The van der Waals surface area contributed by atoms with Crippen molar-refractivity contribution in [3.05, 3.63) is 53.9 Å². The summed E-state index contributed by atoms with van der Waals surface area (Å²) in [4.78, 5) is 0. The number of hydrogen-bond donors (Lipinski definition) is 0. The molecule has 0 saturated heterocycles. The van der Waals surface area contributed by atoms with Gasteiger partial charge in [-0.05, 0) is 40.8 Å². The van der Waals surface area contributed by atoms with Gasteiger partial charge in [-0.25, -0.2) is 0 Å². The van der Waals surface area contributed by atoms with Gasteiger partial charge in [-0.15, -0.1) is 0 Å². The van der Waals surface area contributed by atoms with E-state index in [1.165, 1.54) is 27.5 Å². The molecule has 0 heterocycles. The molecule has 0 aliphatic heterocycles. The quantitative estimate of drug-likeness (QED) is 0.409. The number of halogens is 4. The fourth-order valence-electron chi connectivity index (χ4n) is 2.11. The molecule has 0 nitrogen and oxygen atoms in total.